The van der Waals surface area contributed by atoms with Crippen molar-refractivity contribution in [2.24, 2.45) is 0 Å². The SMILES string of the molecule is CCNC(C)c1ccccc1-c1ccc(Cl)cc1. The Hall–Kier alpha value is -1.31. The molecule has 0 bridgehead atoms. The highest BCUT2D eigenvalue weighted by molar-refractivity contribution is 6.30. The summed E-state index contributed by atoms with van der Waals surface area (Å²) in [6.45, 7) is 5.29. The van der Waals surface area contributed by atoms with Crippen LogP contribution in [0.3, 0.4) is 0 Å². The normalized spacial score (nSPS) is 12.4. The minimum absolute atomic E-state index is 0.349. The van der Waals surface area contributed by atoms with Gasteiger partial charge in [0.1, 0.15) is 0 Å². The van der Waals surface area contributed by atoms with Crippen molar-refractivity contribution in [3.8, 4) is 11.1 Å². The Morgan fingerprint density at radius 3 is 2.39 bits per heavy atom. The van der Waals surface area contributed by atoms with Crippen LogP contribution in [0.2, 0.25) is 5.02 Å². The molecule has 0 amide bonds. The van der Waals surface area contributed by atoms with Gasteiger partial charge in [-0.1, -0.05) is 54.9 Å². The zero-order valence-electron chi connectivity index (χ0n) is 10.8. The molecule has 0 aliphatic rings. The molecule has 1 nitrogen and oxygen atoms in total. The third-order valence-electron chi connectivity index (χ3n) is 3.09. The highest BCUT2D eigenvalue weighted by Gasteiger charge is 2.10. The smallest absolute Gasteiger partial charge is 0.0406 e. The second kappa shape index (κ2) is 6.03. The summed E-state index contributed by atoms with van der Waals surface area (Å²) >= 11 is 5.94. The first-order valence-electron chi connectivity index (χ1n) is 6.30. The molecule has 0 aliphatic carbocycles. The molecule has 2 aromatic carbocycles. The summed E-state index contributed by atoms with van der Waals surface area (Å²) in [5.41, 5.74) is 3.80. The van der Waals surface area contributed by atoms with Gasteiger partial charge in [-0.05, 0) is 42.3 Å². The first-order chi connectivity index (χ1) is 8.72. The van der Waals surface area contributed by atoms with Crippen LogP contribution in [0.15, 0.2) is 48.5 Å². The second-order valence-electron chi connectivity index (χ2n) is 4.37. The fourth-order valence-corrected chi connectivity index (χ4v) is 2.31. The Morgan fingerprint density at radius 1 is 1.06 bits per heavy atom. The number of benzene rings is 2. The van der Waals surface area contributed by atoms with E-state index < -0.39 is 0 Å². The average Bonchev–Trinajstić information content (AvgIpc) is 2.40. The molecule has 0 spiro atoms. The number of hydrogen-bond acceptors (Lipinski definition) is 1. The van der Waals surface area contributed by atoms with Crippen LogP contribution >= 0.6 is 11.6 Å². The molecule has 0 fully saturated rings. The molecule has 2 heteroatoms. The molecule has 2 aromatic rings. The minimum atomic E-state index is 0.349. The van der Waals surface area contributed by atoms with Gasteiger partial charge in [-0.2, -0.15) is 0 Å². The molecule has 1 atom stereocenters. The Kier molecular flexibility index (Phi) is 4.40. The molecule has 94 valence electrons. The van der Waals surface area contributed by atoms with Crippen LogP contribution in [0.1, 0.15) is 25.5 Å². The average molecular weight is 260 g/mol. The van der Waals surface area contributed by atoms with Gasteiger partial charge < -0.3 is 5.32 Å². The molecule has 0 radical (unpaired) electrons. The van der Waals surface area contributed by atoms with Gasteiger partial charge in [0.15, 0.2) is 0 Å². The van der Waals surface area contributed by atoms with E-state index in [1.54, 1.807) is 0 Å². The highest BCUT2D eigenvalue weighted by Crippen LogP contribution is 2.28. The Morgan fingerprint density at radius 2 is 1.72 bits per heavy atom. The minimum Gasteiger partial charge on any atom is -0.310 e. The molecule has 1 unspecified atom stereocenters. The van der Waals surface area contributed by atoms with E-state index in [0.29, 0.717) is 6.04 Å². The topological polar surface area (TPSA) is 12.0 Å². The van der Waals surface area contributed by atoms with Crippen LogP contribution in [-0.2, 0) is 0 Å². The second-order valence-corrected chi connectivity index (χ2v) is 4.81. The fourth-order valence-electron chi connectivity index (χ4n) is 2.18. The molecule has 1 N–H and O–H groups in total. The van der Waals surface area contributed by atoms with Crippen molar-refractivity contribution in [1.29, 1.82) is 0 Å². The molecular formula is C16H18ClN. The van der Waals surface area contributed by atoms with Gasteiger partial charge in [-0.25, -0.2) is 0 Å². The largest absolute Gasteiger partial charge is 0.310 e. The summed E-state index contributed by atoms with van der Waals surface area (Å²) < 4.78 is 0. The standard InChI is InChI=1S/C16H18ClN/c1-3-18-12(2)15-6-4-5-7-16(15)13-8-10-14(17)11-9-13/h4-12,18H,3H2,1-2H3. The number of nitrogens with one attached hydrogen (secondary N) is 1. The quantitative estimate of drug-likeness (QED) is 0.841. The van der Waals surface area contributed by atoms with Crippen LogP contribution in [0.25, 0.3) is 11.1 Å². The predicted octanol–water partition coefficient (Wildman–Crippen LogP) is 4.68. The highest BCUT2D eigenvalue weighted by atomic mass is 35.5. The van der Waals surface area contributed by atoms with Crippen molar-refractivity contribution in [3.05, 3.63) is 59.1 Å². The van der Waals surface area contributed by atoms with Crippen molar-refractivity contribution in [2.45, 2.75) is 19.9 Å². The molecule has 0 saturated carbocycles. The lowest BCUT2D eigenvalue weighted by Crippen LogP contribution is -2.18. The van der Waals surface area contributed by atoms with Gasteiger partial charge in [-0.3, -0.25) is 0 Å². The van der Waals surface area contributed by atoms with Crippen LogP contribution in [0.4, 0.5) is 0 Å². The van der Waals surface area contributed by atoms with Gasteiger partial charge in [-0.15, -0.1) is 0 Å². The summed E-state index contributed by atoms with van der Waals surface area (Å²) in [4.78, 5) is 0. The monoisotopic (exact) mass is 259 g/mol. The first kappa shape index (κ1) is 13.1. The van der Waals surface area contributed by atoms with E-state index in [0.717, 1.165) is 11.6 Å². The Balaban J connectivity index is 2.41. The van der Waals surface area contributed by atoms with E-state index >= 15 is 0 Å². The van der Waals surface area contributed by atoms with E-state index in [1.165, 1.54) is 16.7 Å². The lowest BCUT2D eigenvalue weighted by molar-refractivity contribution is 0.599. The van der Waals surface area contributed by atoms with E-state index in [2.05, 4.69) is 55.6 Å². The summed E-state index contributed by atoms with van der Waals surface area (Å²) in [5.74, 6) is 0. The zero-order chi connectivity index (χ0) is 13.0. The van der Waals surface area contributed by atoms with Crippen molar-refractivity contribution in [1.82, 2.24) is 5.32 Å². The molecule has 2 rings (SSSR count). The van der Waals surface area contributed by atoms with Gasteiger partial charge in [0.05, 0.1) is 0 Å². The number of rotatable bonds is 4. The molecule has 0 saturated heterocycles. The lowest BCUT2D eigenvalue weighted by atomic mass is 9.95. The van der Waals surface area contributed by atoms with Crippen molar-refractivity contribution >= 4 is 11.6 Å². The summed E-state index contributed by atoms with van der Waals surface area (Å²) in [6.07, 6.45) is 0. The lowest BCUT2D eigenvalue weighted by Gasteiger charge is -2.17. The van der Waals surface area contributed by atoms with Crippen LogP contribution in [0.5, 0.6) is 0 Å². The van der Waals surface area contributed by atoms with Gasteiger partial charge >= 0.3 is 0 Å². The predicted molar refractivity (Wildman–Crippen MR) is 79.0 cm³/mol. The first-order valence-corrected chi connectivity index (χ1v) is 6.68. The van der Waals surface area contributed by atoms with E-state index in [-0.39, 0.29) is 0 Å². The van der Waals surface area contributed by atoms with Crippen LogP contribution in [0, 0.1) is 0 Å². The van der Waals surface area contributed by atoms with Gasteiger partial charge in [0, 0.05) is 11.1 Å². The van der Waals surface area contributed by atoms with E-state index in [4.69, 9.17) is 11.6 Å². The van der Waals surface area contributed by atoms with Crippen molar-refractivity contribution in [3.63, 3.8) is 0 Å². The van der Waals surface area contributed by atoms with Gasteiger partial charge in [0.25, 0.3) is 0 Å². The van der Waals surface area contributed by atoms with Gasteiger partial charge in [0.2, 0.25) is 0 Å². The van der Waals surface area contributed by atoms with E-state index in [9.17, 15) is 0 Å². The maximum atomic E-state index is 5.94. The Bertz CT molecular complexity index is 505. The third kappa shape index (κ3) is 2.92. The number of hydrogen-bond donors (Lipinski definition) is 1. The zero-order valence-corrected chi connectivity index (χ0v) is 11.5. The maximum absolute atomic E-state index is 5.94. The summed E-state index contributed by atoms with van der Waals surface area (Å²) in [6, 6.07) is 16.9. The maximum Gasteiger partial charge on any atom is 0.0406 e. The van der Waals surface area contributed by atoms with Crippen LogP contribution < -0.4 is 5.32 Å². The molecule has 0 aromatic heterocycles. The van der Waals surface area contributed by atoms with E-state index in [1.807, 2.05) is 12.1 Å². The molecule has 0 aliphatic heterocycles. The fraction of sp³-hybridized carbons (Fsp3) is 0.250. The molecule has 18 heavy (non-hydrogen) atoms. The van der Waals surface area contributed by atoms with Crippen molar-refractivity contribution in [2.75, 3.05) is 6.54 Å². The third-order valence-corrected chi connectivity index (χ3v) is 3.34. The summed E-state index contributed by atoms with van der Waals surface area (Å²) in [5, 5.41) is 4.23. The molecule has 0 heterocycles. The Labute approximate surface area is 114 Å². The van der Waals surface area contributed by atoms with Crippen molar-refractivity contribution < 1.29 is 0 Å². The summed E-state index contributed by atoms with van der Waals surface area (Å²) in [7, 11) is 0. The number of halogens is 1. The molecular weight excluding hydrogens is 242 g/mol. The van der Waals surface area contributed by atoms with Crippen LogP contribution in [-0.4, -0.2) is 6.54 Å².